The van der Waals surface area contributed by atoms with Crippen molar-refractivity contribution < 1.29 is 28.6 Å². The first kappa shape index (κ1) is 15.2. The van der Waals surface area contributed by atoms with Crippen molar-refractivity contribution in [3.63, 3.8) is 0 Å². The molecule has 0 fully saturated rings. The topological polar surface area (TPSA) is 78.9 Å². The third-order valence-electron chi connectivity index (χ3n) is 1.60. The molecule has 17 heavy (non-hydrogen) atoms. The number of hydrogen-bond donors (Lipinski definition) is 0. The summed E-state index contributed by atoms with van der Waals surface area (Å²) < 4.78 is 13.8. The van der Waals surface area contributed by atoms with Crippen LogP contribution in [0.1, 0.15) is 20.8 Å². The minimum Gasteiger partial charge on any atom is -0.463 e. The molecule has 0 saturated carbocycles. The third kappa shape index (κ3) is 6.34. The smallest absolute Gasteiger partial charge is 0.347 e. The number of carbonyl (C=O) groups is 3. The Morgan fingerprint density at radius 3 is 2.29 bits per heavy atom. The highest BCUT2D eigenvalue weighted by Crippen LogP contribution is 2.00. The van der Waals surface area contributed by atoms with E-state index in [0.29, 0.717) is 0 Å². The van der Waals surface area contributed by atoms with E-state index in [1.807, 2.05) is 0 Å². The Morgan fingerprint density at radius 1 is 1.24 bits per heavy atom. The monoisotopic (exact) mass is 244 g/mol. The van der Waals surface area contributed by atoms with Crippen LogP contribution in [0.25, 0.3) is 0 Å². The van der Waals surface area contributed by atoms with Crippen molar-refractivity contribution in [2.24, 2.45) is 0 Å². The van der Waals surface area contributed by atoms with E-state index in [1.165, 1.54) is 13.8 Å². The maximum atomic E-state index is 11.3. The molecule has 96 valence electrons. The van der Waals surface area contributed by atoms with E-state index in [9.17, 15) is 14.4 Å². The normalized spacial score (nSPS) is 11.2. The van der Waals surface area contributed by atoms with Gasteiger partial charge in [0.25, 0.3) is 0 Å². The Morgan fingerprint density at radius 2 is 1.82 bits per heavy atom. The molecule has 0 aromatic rings. The Bertz CT molecular complexity index is 320. The molecule has 1 atom stereocenters. The molecule has 0 heterocycles. The van der Waals surface area contributed by atoms with E-state index in [-0.39, 0.29) is 12.2 Å². The van der Waals surface area contributed by atoms with Gasteiger partial charge in [0.15, 0.2) is 12.7 Å². The fourth-order valence-corrected chi connectivity index (χ4v) is 0.759. The average molecular weight is 244 g/mol. The van der Waals surface area contributed by atoms with Gasteiger partial charge in [0.1, 0.15) is 0 Å². The number of carbonyl (C=O) groups excluding carboxylic acids is 3. The van der Waals surface area contributed by atoms with E-state index in [4.69, 9.17) is 4.74 Å². The Labute approximate surface area is 99.5 Å². The van der Waals surface area contributed by atoms with E-state index >= 15 is 0 Å². The summed E-state index contributed by atoms with van der Waals surface area (Å²) in [6.45, 7) is 7.51. The molecule has 0 aliphatic carbocycles. The van der Waals surface area contributed by atoms with Crippen LogP contribution in [-0.4, -0.2) is 37.2 Å². The molecule has 6 nitrogen and oxygen atoms in total. The van der Waals surface area contributed by atoms with E-state index in [2.05, 4.69) is 16.1 Å². The fraction of sp³-hybridized carbons (Fsp3) is 0.545. The second kappa shape index (κ2) is 7.43. The number of ether oxygens (including phenoxy) is 3. The van der Waals surface area contributed by atoms with Crippen LogP contribution in [0.15, 0.2) is 12.2 Å². The van der Waals surface area contributed by atoms with E-state index < -0.39 is 30.6 Å². The van der Waals surface area contributed by atoms with E-state index in [1.54, 1.807) is 6.92 Å². The predicted molar refractivity (Wildman–Crippen MR) is 58.0 cm³/mol. The number of hydrogen-bond acceptors (Lipinski definition) is 6. The summed E-state index contributed by atoms with van der Waals surface area (Å²) in [5.74, 6) is -2.16. The number of esters is 3. The molecule has 0 spiro atoms. The van der Waals surface area contributed by atoms with Gasteiger partial charge in [-0.15, -0.1) is 0 Å². The van der Waals surface area contributed by atoms with Crippen molar-refractivity contribution in [1.82, 2.24) is 0 Å². The van der Waals surface area contributed by atoms with Crippen LogP contribution in [0.5, 0.6) is 0 Å². The lowest BCUT2D eigenvalue weighted by molar-refractivity contribution is -0.169. The molecule has 0 aromatic carbocycles. The third-order valence-corrected chi connectivity index (χ3v) is 1.60. The van der Waals surface area contributed by atoms with Crippen LogP contribution in [0.3, 0.4) is 0 Å². The lowest BCUT2D eigenvalue weighted by Gasteiger charge is -2.12. The largest absolute Gasteiger partial charge is 0.463 e. The van der Waals surface area contributed by atoms with E-state index in [0.717, 1.165) is 0 Å². The summed E-state index contributed by atoms with van der Waals surface area (Å²) in [6, 6.07) is 0. The van der Waals surface area contributed by atoms with Crippen LogP contribution in [0, 0.1) is 0 Å². The van der Waals surface area contributed by atoms with Gasteiger partial charge in [-0.05, 0) is 20.8 Å². The van der Waals surface area contributed by atoms with Crippen molar-refractivity contribution in [2.45, 2.75) is 26.9 Å². The summed E-state index contributed by atoms with van der Waals surface area (Å²) in [5, 5.41) is 0. The van der Waals surface area contributed by atoms with Crippen molar-refractivity contribution >= 4 is 17.9 Å². The van der Waals surface area contributed by atoms with Gasteiger partial charge >= 0.3 is 17.9 Å². The van der Waals surface area contributed by atoms with Crippen LogP contribution < -0.4 is 0 Å². The molecule has 0 aliphatic rings. The van der Waals surface area contributed by atoms with Crippen LogP contribution in [0.4, 0.5) is 0 Å². The van der Waals surface area contributed by atoms with Gasteiger partial charge < -0.3 is 14.2 Å². The molecular formula is C11H16O6. The Hall–Kier alpha value is -1.85. The molecule has 6 heteroatoms. The molecular weight excluding hydrogens is 228 g/mol. The molecule has 1 unspecified atom stereocenters. The molecule has 0 aromatic heterocycles. The highest BCUT2D eigenvalue weighted by atomic mass is 16.6. The van der Waals surface area contributed by atoms with Gasteiger partial charge in [0, 0.05) is 5.57 Å². The van der Waals surface area contributed by atoms with Crippen molar-refractivity contribution in [3.05, 3.63) is 12.2 Å². The molecule has 0 N–H and O–H groups in total. The summed E-state index contributed by atoms with van der Waals surface area (Å²) >= 11 is 0. The standard InChI is InChI=1S/C11H16O6/c1-5-15-9(12)6-16-11(14)8(4)17-10(13)7(2)3/h8H,2,5-6H2,1,3-4H3. The highest BCUT2D eigenvalue weighted by Gasteiger charge is 2.20. The number of rotatable bonds is 6. The van der Waals surface area contributed by atoms with Crippen molar-refractivity contribution in [3.8, 4) is 0 Å². The van der Waals surface area contributed by atoms with Gasteiger partial charge in [-0.2, -0.15) is 0 Å². The van der Waals surface area contributed by atoms with Gasteiger partial charge in [0.2, 0.25) is 0 Å². The Balaban J connectivity index is 4.02. The highest BCUT2D eigenvalue weighted by molar-refractivity contribution is 5.89. The second-order valence-corrected chi connectivity index (χ2v) is 3.24. The van der Waals surface area contributed by atoms with Crippen LogP contribution >= 0.6 is 0 Å². The SMILES string of the molecule is C=C(C)C(=O)OC(C)C(=O)OCC(=O)OCC. The molecule has 0 radical (unpaired) electrons. The molecule has 0 saturated heterocycles. The predicted octanol–water partition coefficient (Wildman–Crippen LogP) is 0.600. The maximum absolute atomic E-state index is 11.3. The lowest BCUT2D eigenvalue weighted by atomic mass is 10.3. The van der Waals surface area contributed by atoms with Crippen molar-refractivity contribution in [1.29, 1.82) is 0 Å². The zero-order valence-corrected chi connectivity index (χ0v) is 10.1. The first-order valence-electron chi connectivity index (χ1n) is 5.07. The van der Waals surface area contributed by atoms with Crippen LogP contribution in [-0.2, 0) is 28.6 Å². The summed E-state index contributed by atoms with van der Waals surface area (Å²) in [6.07, 6.45) is -1.09. The summed E-state index contributed by atoms with van der Waals surface area (Å²) in [5.41, 5.74) is 0.176. The Kier molecular flexibility index (Phi) is 6.62. The van der Waals surface area contributed by atoms with Crippen LogP contribution in [0.2, 0.25) is 0 Å². The average Bonchev–Trinajstić information content (AvgIpc) is 2.25. The molecule has 0 amide bonds. The second-order valence-electron chi connectivity index (χ2n) is 3.24. The first-order chi connectivity index (χ1) is 7.88. The van der Waals surface area contributed by atoms with Gasteiger partial charge in [0.05, 0.1) is 6.61 Å². The summed E-state index contributed by atoms with van der Waals surface area (Å²) in [4.78, 5) is 33.2. The zero-order chi connectivity index (χ0) is 13.4. The molecule has 0 bridgehead atoms. The minimum atomic E-state index is -1.09. The first-order valence-corrected chi connectivity index (χ1v) is 5.07. The zero-order valence-electron chi connectivity index (χ0n) is 10.1. The fourth-order valence-electron chi connectivity index (χ4n) is 0.759. The van der Waals surface area contributed by atoms with Gasteiger partial charge in [-0.3, -0.25) is 0 Å². The quantitative estimate of drug-likeness (QED) is 0.387. The lowest BCUT2D eigenvalue weighted by Crippen LogP contribution is -2.28. The molecule has 0 aliphatic heterocycles. The van der Waals surface area contributed by atoms with Gasteiger partial charge in [-0.25, -0.2) is 14.4 Å². The van der Waals surface area contributed by atoms with Gasteiger partial charge in [-0.1, -0.05) is 6.58 Å². The summed E-state index contributed by atoms with van der Waals surface area (Å²) in [7, 11) is 0. The molecule has 0 rings (SSSR count). The maximum Gasteiger partial charge on any atom is 0.347 e. The van der Waals surface area contributed by atoms with Crippen molar-refractivity contribution in [2.75, 3.05) is 13.2 Å². The minimum absolute atomic E-state index is 0.176.